The number of hydrogen-bond donors (Lipinski definition) is 1. The van der Waals surface area contributed by atoms with Crippen LogP contribution >= 0.6 is 0 Å². The lowest BCUT2D eigenvalue weighted by Gasteiger charge is -2.25. The van der Waals surface area contributed by atoms with Crippen LogP contribution in [0.3, 0.4) is 0 Å². The van der Waals surface area contributed by atoms with Gasteiger partial charge in [-0.3, -0.25) is 9.10 Å². The highest BCUT2D eigenvalue weighted by atomic mass is 32.2. The summed E-state index contributed by atoms with van der Waals surface area (Å²) in [5, 5.41) is 9.15. The van der Waals surface area contributed by atoms with Gasteiger partial charge in [0.05, 0.1) is 10.6 Å². The third-order valence-electron chi connectivity index (χ3n) is 3.73. The van der Waals surface area contributed by atoms with Crippen molar-refractivity contribution in [1.29, 1.82) is 0 Å². The van der Waals surface area contributed by atoms with E-state index in [-0.39, 0.29) is 4.90 Å². The molecule has 0 radical (unpaired) electrons. The first-order valence-electron chi connectivity index (χ1n) is 7.11. The van der Waals surface area contributed by atoms with E-state index in [0.717, 1.165) is 21.0 Å². The Hall–Kier alpha value is -2.34. The van der Waals surface area contributed by atoms with Crippen molar-refractivity contribution in [1.82, 2.24) is 0 Å². The van der Waals surface area contributed by atoms with Gasteiger partial charge >= 0.3 is 5.97 Å². The molecule has 6 heteroatoms. The Kier molecular flexibility index (Phi) is 4.75. The molecule has 0 saturated heterocycles. The Bertz CT molecular complexity index is 826. The van der Waals surface area contributed by atoms with Crippen LogP contribution in [0.15, 0.2) is 47.4 Å². The summed E-state index contributed by atoms with van der Waals surface area (Å²) in [6, 6.07) is 11.6. The van der Waals surface area contributed by atoms with Gasteiger partial charge in [-0.1, -0.05) is 29.8 Å². The minimum atomic E-state index is -3.95. The van der Waals surface area contributed by atoms with Crippen molar-refractivity contribution in [2.75, 3.05) is 10.8 Å². The number of carbonyl (C=O) groups is 1. The number of benzene rings is 2. The number of carboxylic acid groups (broad SMARTS) is 1. The predicted octanol–water partition coefficient (Wildman–Crippen LogP) is 2.89. The van der Waals surface area contributed by atoms with Crippen LogP contribution in [0.2, 0.25) is 0 Å². The van der Waals surface area contributed by atoms with E-state index in [1.54, 1.807) is 31.2 Å². The highest BCUT2D eigenvalue weighted by Crippen LogP contribution is 2.28. The fourth-order valence-electron chi connectivity index (χ4n) is 2.27. The smallest absolute Gasteiger partial charge is 0.324 e. The third-order valence-corrected chi connectivity index (χ3v) is 5.51. The summed E-state index contributed by atoms with van der Waals surface area (Å²) in [5.74, 6) is -1.21. The fourth-order valence-corrected chi connectivity index (χ4v) is 3.74. The lowest BCUT2D eigenvalue weighted by Crippen LogP contribution is -2.36. The van der Waals surface area contributed by atoms with Gasteiger partial charge in [-0.05, 0) is 50.1 Å². The standard InChI is InChI=1S/C17H19NO4S/c1-12-7-9-15(10-8-12)23(21,22)18(11-17(19)20)16-6-4-5-13(2)14(16)3/h4-10H,11H2,1-3H3,(H,19,20). The van der Waals surface area contributed by atoms with Gasteiger partial charge in [0.25, 0.3) is 10.0 Å². The maximum absolute atomic E-state index is 12.9. The van der Waals surface area contributed by atoms with Crippen molar-refractivity contribution < 1.29 is 18.3 Å². The highest BCUT2D eigenvalue weighted by molar-refractivity contribution is 7.92. The Morgan fingerprint density at radius 1 is 1.04 bits per heavy atom. The van der Waals surface area contributed by atoms with Crippen molar-refractivity contribution >= 4 is 21.7 Å². The summed E-state index contributed by atoms with van der Waals surface area (Å²) < 4.78 is 26.8. The van der Waals surface area contributed by atoms with Gasteiger partial charge in [-0.25, -0.2) is 8.42 Å². The Morgan fingerprint density at radius 3 is 2.22 bits per heavy atom. The molecule has 2 aromatic carbocycles. The normalized spacial score (nSPS) is 11.3. The van der Waals surface area contributed by atoms with Gasteiger partial charge in [-0.15, -0.1) is 0 Å². The third kappa shape index (κ3) is 3.53. The Morgan fingerprint density at radius 2 is 1.65 bits per heavy atom. The molecule has 0 unspecified atom stereocenters. The summed E-state index contributed by atoms with van der Waals surface area (Å²) in [7, 11) is -3.95. The molecule has 0 bridgehead atoms. The SMILES string of the molecule is Cc1ccc(S(=O)(=O)N(CC(=O)O)c2cccc(C)c2C)cc1. The zero-order chi connectivity index (χ0) is 17.2. The molecule has 5 nitrogen and oxygen atoms in total. The Labute approximate surface area is 136 Å². The predicted molar refractivity (Wildman–Crippen MR) is 89.3 cm³/mol. The van der Waals surface area contributed by atoms with E-state index in [9.17, 15) is 13.2 Å². The summed E-state index contributed by atoms with van der Waals surface area (Å²) in [6.45, 7) is 4.87. The van der Waals surface area contributed by atoms with Gasteiger partial charge in [0.2, 0.25) is 0 Å². The van der Waals surface area contributed by atoms with Crippen LogP contribution < -0.4 is 4.31 Å². The largest absolute Gasteiger partial charge is 0.480 e. The fraction of sp³-hybridized carbons (Fsp3) is 0.235. The molecule has 2 rings (SSSR count). The van der Waals surface area contributed by atoms with Gasteiger partial charge in [0, 0.05) is 0 Å². The van der Waals surface area contributed by atoms with E-state index < -0.39 is 22.5 Å². The van der Waals surface area contributed by atoms with Crippen molar-refractivity contribution in [3.63, 3.8) is 0 Å². The number of hydrogen-bond acceptors (Lipinski definition) is 3. The first-order valence-corrected chi connectivity index (χ1v) is 8.55. The molecule has 0 aliphatic rings. The van der Waals surface area contributed by atoms with Gasteiger partial charge < -0.3 is 5.11 Å². The lowest BCUT2D eigenvalue weighted by molar-refractivity contribution is -0.135. The van der Waals surface area contributed by atoms with E-state index in [2.05, 4.69) is 0 Å². The first-order chi connectivity index (χ1) is 10.7. The number of sulfonamides is 1. The second-order valence-corrected chi connectivity index (χ2v) is 7.30. The molecule has 0 aliphatic carbocycles. The maximum atomic E-state index is 12.9. The van der Waals surface area contributed by atoms with E-state index in [0.29, 0.717) is 5.69 Å². The van der Waals surface area contributed by atoms with Crippen LogP contribution in [0.5, 0.6) is 0 Å². The molecule has 0 aliphatic heterocycles. The summed E-state index contributed by atoms with van der Waals surface area (Å²) in [4.78, 5) is 11.3. The van der Waals surface area contributed by atoms with Gasteiger partial charge in [0.15, 0.2) is 0 Å². The van der Waals surface area contributed by atoms with Crippen LogP contribution in [-0.2, 0) is 14.8 Å². The average Bonchev–Trinajstić information content (AvgIpc) is 2.48. The number of carboxylic acids is 1. The number of rotatable bonds is 5. The lowest BCUT2D eigenvalue weighted by atomic mass is 10.1. The Balaban J connectivity index is 2.60. The first kappa shape index (κ1) is 17.0. The van der Waals surface area contributed by atoms with Crippen LogP contribution in [0.25, 0.3) is 0 Å². The molecule has 0 heterocycles. The molecular formula is C17H19NO4S. The van der Waals surface area contributed by atoms with E-state index >= 15 is 0 Å². The van der Waals surface area contributed by atoms with E-state index in [1.165, 1.54) is 12.1 Å². The number of anilines is 1. The van der Waals surface area contributed by atoms with Crippen molar-refractivity contribution in [3.05, 3.63) is 59.2 Å². The van der Waals surface area contributed by atoms with Crippen molar-refractivity contribution in [2.45, 2.75) is 25.7 Å². The molecule has 0 atom stereocenters. The quantitative estimate of drug-likeness (QED) is 0.913. The zero-order valence-electron chi connectivity index (χ0n) is 13.3. The second-order valence-electron chi connectivity index (χ2n) is 5.44. The number of aliphatic carboxylic acids is 1. The maximum Gasteiger partial charge on any atom is 0.324 e. The topological polar surface area (TPSA) is 74.7 Å². The average molecular weight is 333 g/mol. The molecule has 0 aromatic heterocycles. The van der Waals surface area contributed by atoms with Gasteiger partial charge in [0.1, 0.15) is 6.54 Å². The van der Waals surface area contributed by atoms with Crippen molar-refractivity contribution in [3.8, 4) is 0 Å². The minimum Gasteiger partial charge on any atom is -0.480 e. The molecule has 0 spiro atoms. The summed E-state index contributed by atoms with van der Waals surface area (Å²) >= 11 is 0. The van der Waals surface area contributed by atoms with Crippen LogP contribution in [0.1, 0.15) is 16.7 Å². The van der Waals surface area contributed by atoms with Crippen molar-refractivity contribution in [2.24, 2.45) is 0 Å². The molecule has 0 fully saturated rings. The van der Waals surface area contributed by atoms with Crippen LogP contribution in [0, 0.1) is 20.8 Å². The summed E-state index contributed by atoms with van der Waals surface area (Å²) in [6.07, 6.45) is 0. The monoisotopic (exact) mass is 333 g/mol. The number of aryl methyl sites for hydroxylation is 2. The van der Waals surface area contributed by atoms with E-state index in [1.807, 2.05) is 19.9 Å². The minimum absolute atomic E-state index is 0.0743. The number of nitrogens with zero attached hydrogens (tertiary/aromatic N) is 1. The molecule has 1 N–H and O–H groups in total. The molecular weight excluding hydrogens is 314 g/mol. The molecule has 23 heavy (non-hydrogen) atoms. The highest BCUT2D eigenvalue weighted by Gasteiger charge is 2.28. The molecule has 0 saturated carbocycles. The zero-order valence-corrected chi connectivity index (χ0v) is 14.1. The van der Waals surface area contributed by atoms with Gasteiger partial charge in [-0.2, -0.15) is 0 Å². The molecule has 2 aromatic rings. The van der Waals surface area contributed by atoms with E-state index in [4.69, 9.17) is 5.11 Å². The second kappa shape index (κ2) is 6.42. The van der Waals surface area contributed by atoms with Crippen LogP contribution in [0.4, 0.5) is 5.69 Å². The van der Waals surface area contributed by atoms with Crippen LogP contribution in [-0.4, -0.2) is 26.0 Å². The molecule has 0 amide bonds. The molecule has 122 valence electrons. The summed E-state index contributed by atoms with van der Waals surface area (Å²) in [5.41, 5.74) is 2.95.